The largest absolute Gasteiger partial charge is 0.391 e. The zero-order valence-electron chi connectivity index (χ0n) is 12.4. The summed E-state index contributed by atoms with van der Waals surface area (Å²) in [5, 5.41) is 16.6. The Morgan fingerprint density at radius 2 is 2.14 bits per heavy atom. The van der Waals surface area contributed by atoms with Crippen molar-refractivity contribution in [2.75, 3.05) is 19.6 Å². The normalized spacial score (nSPS) is 21.3. The zero-order chi connectivity index (χ0) is 14.0. The molecule has 1 aromatic rings. The lowest BCUT2D eigenvalue weighted by molar-refractivity contribution is 0.0931. The summed E-state index contributed by atoms with van der Waals surface area (Å²) in [4.78, 5) is 16.9. The van der Waals surface area contributed by atoms with Gasteiger partial charge >= 0.3 is 0 Å². The molecule has 2 unspecified atom stereocenters. The Labute approximate surface area is 141 Å². The zero-order valence-corrected chi connectivity index (χ0v) is 14.8. The summed E-state index contributed by atoms with van der Waals surface area (Å²) in [6, 6.07) is 0. The number of nitrogens with zero attached hydrogens (tertiary/aromatic N) is 1. The number of amides is 1. The Kier molecular flexibility index (Phi) is 8.13. The molecule has 1 aromatic heterocycles. The fourth-order valence-corrected chi connectivity index (χ4v) is 2.85. The van der Waals surface area contributed by atoms with Gasteiger partial charge in [-0.05, 0) is 0 Å². The Morgan fingerprint density at radius 3 is 2.62 bits per heavy atom. The van der Waals surface area contributed by atoms with E-state index in [9.17, 15) is 9.90 Å². The van der Waals surface area contributed by atoms with Crippen molar-refractivity contribution in [1.82, 2.24) is 15.6 Å². The van der Waals surface area contributed by atoms with Crippen molar-refractivity contribution in [1.29, 1.82) is 0 Å². The van der Waals surface area contributed by atoms with Gasteiger partial charge in [0.1, 0.15) is 4.88 Å². The number of carbonyl (C=O) groups excluding carboxylic acids is 1. The van der Waals surface area contributed by atoms with Crippen LogP contribution in [0.4, 0.5) is 0 Å². The average molecular weight is 356 g/mol. The highest BCUT2D eigenvalue weighted by molar-refractivity contribution is 7.13. The van der Waals surface area contributed by atoms with Crippen LogP contribution in [0.25, 0.3) is 0 Å². The van der Waals surface area contributed by atoms with Gasteiger partial charge in [0.25, 0.3) is 5.91 Å². The second-order valence-electron chi connectivity index (χ2n) is 5.98. The van der Waals surface area contributed by atoms with Crippen LogP contribution in [0.3, 0.4) is 0 Å². The van der Waals surface area contributed by atoms with Gasteiger partial charge < -0.3 is 15.7 Å². The van der Waals surface area contributed by atoms with Crippen LogP contribution in [-0.4, -0.2) is 41.7 Å². The van der Waals surface area contributed by atoms with Gasteiger partial charge in [0.2, 0.25) is 0 Å². The summed E-state index contributed by atoms with van der Waals surface area (Å²) in [5.41, 5.74) is -0.0330. The molecule has 0 saturated carbocycles. The summed E-state index contributed by atoms with van der Waals surface area (Å²) >= 11 is 1.43. The van der Waals surface area contributed by atoms with Crippen LogP contribution < -0.4 is 10.6 Å². The molecule has 8 heteroatoms. The molecule has 0 aromatic carbocycles. The molecular formula is C13H23Cl2N3O2S. The van der Waals surface area contributed by atoms with E-state index in [0.717, 1.165) is 11.6 Å². The maximum Gasteiger partial charge on any atom is 0.263 e. The predicted octanol–water partition coefficient (Wildman–Crippen LogP) is 1.59. The van der Waals surface area contributed by atoms with Crippen molar-refractivity contribution < 1.29 is 9.90 Å². The molecule has 1 aliphatic heterocycles. The minimum Gasteiger partial charge on any atom is -0.391 e. The third-order valence-corrected chi connectivity index (χ3v) is 4.62. The highest BCUT2D eigenvalue weighted by atomic mass is 35.5. The minimum absolute atomic E-state index is 0. The van der Waals surface area contributed by atoms with E-state index in [-0.39, 0.29) is 48.2 Å². The fraction of sp³-hybridized carbons (Fsp3) is 0.692. The van der Waals surface area contributed by atoms with Crippen LogP contribution in [0.5, 0.6) is 0 Å². The average Bonchev–Trinajstić information content (AvgIpc) is 2.93. The molecule has 0 bridgehead atoms. The molecule has 0 radical (unpaired) electrons. The van der Waals surface area contributed by atoms with E-state index in [1.807, 2.05) is 0 Å². The number of hydrogen-bond acceptors (Lipinski definition) is 5. The van der Waals surface area contributed by atoms with E-state index in [2.05, 4.69) is 36.4 Å². The quantitative estimate of drug-likeness (QED) is 0.769. The number of halogens is 2. The van der Waals surface area contributed by atoms with Gasteiger partial charge in [-0.1, -0.05) is 20.8 Å². The monoisotopic (exact) mass is 355 g/mol. The summed E-state index contributed by atoms with van der Waals surface area (Å²) in [6.07, 6.45) is 1.26. The first-order chi connectivity index (χ1) is 8.88. The van der Waals surface area contributed by atoms with Crippen LogP contribution in [0.1, 0.15) is 35.5 Å². The van der Waals surface area contributed by atoms with Crippen molar-refractivity contribution in [3.05, 3.63) is 16.1 Å². The standard InChI is InChI=1S/C13H21N3O2S.2ClH/c1-13(2,3)12-16-7-10(19-12)11(18)15-5-8-4-14-6-9(8)17;;/h7-9,14,17H,4-6H2,1-3H3,(H,15,18);2*1H. The van der Waals surface area contributed by atoms with Crippen molar-refractivity contribution in [2.24, 2.45) is 5.92 Å². The number of β-amino-alcohol motifs (C(OH)–C–C–N with tert-alkyl or cyclic N) is 1. The topological polar surface area (TPSA) is 74.2 Å². The molecule has 2 heterocycles. The SMILES string of the molecule is CC(C)(C)c1ncc(C(=O)NCC2CNCC2O)s1.Cl.Cl. The number of nitrogens with one attached hydrogen (secondary N) is 2. The number of rotatable bonds is 3. The van der Waals surface area contributed by atoms with Crippen LogP contribution >= 0.6 is 36.2 Å². The Hall–Kier alpha value is -0.400. The molecule has 2 atom stereocenters. The van der Waals surface area contributed by atoms with Crippen molar-refractivity contribution in [3.63, 3.8) is 0 Å². The Morgan fingerprint density at radius 1 is 1.48 bits per heavy atom. The van der Waals surface area contributed by atoms with Crippen molar-refractivity contribution >= 4 is 42.1 Å². The van der Waals surface area contributed by atoms with Gasteiger partial charge in [0.15, 0.2) is 0 Å². The number of aliphatic hydroxyl groups is 1. The van der Waals surface area contributed by atoms with E-state index in [4.69, 9.17) is 0 Å². The molecule has 1 saturated heterocycles. The molecule has 1 amide bonds. The number of aromatic nitrogens is 1. The third-order valence-electron chi connectivity index (χ3n) is 3.20. The molecule has 2 rings (SSSR count). The molecule has 0 aliphatic carbocycles. The lowest BCUT2D eigenvalue weighted by Gasteiger charge is -2.14. The van der Waals surface area contributed by atoms with Crippen LogP contribution in [0.2, 0.25) is 0 Å². The first-order valence-corrected chi connectivity index (χ1v) is 7.33. The molecule has 122 valence electrons. The minimum atomic E-state index is -0.369. The maximum absolute atomic E-state index is 12.0. The molecule has 1 aliphatic rings. The second kappa shape index (κ2) is 8.29. The van der Waals surface area contributed by atoms with Gasteiger partial charge in [0, 0.05) is 31.0 Å². The molecule has 21 heavy (non-hydrogen) atoms. The highest BCUT2D eigenvalue weighted by Gasteiger charge is 2.26. The second-order valence-corrected chi connectivity index (χ2v) is 7.01. The van der Waals surface area contributed by atoms with Crippen LogP contribution in [0, 0.1) is 5.92 Å². The fourth-order valence-electron chi connectivity index (χ4n) is 1.96. The number of hydrogen-bond donors (Lipinski definition) is 3. The molecular weight excluding hydrogens is 333 g/mol. The van der Waals surface area contributed by atoms with E-state index < -0.39 is 0 Å². The van der Waals surface area contributed by atoms with Gasteiger partial charge in [-0.15, -0.1) is 36.2 Å². The van der Waals surface area contributed by atoms with E-state index in [1.54, 1.807) is 6.20 Å². The molecule has 0 spiro atoms. The third kappa shape index (κ3) is 5.38. The van der Waals surface area contributed by atoms with E-state index >= 15 is 0 Å². The lowest BCUT2D eigenvalue weighted by Crippen LogP contribution is -2.34. The maximum atomic E-state index is 12.0. The number of thiazole rings is 1. The van der Waals surface area contributed by atoms with Gasteiger partial charge in [-0.25, -0.2) is 4.98 Å². The summed E-state index contributed by atoms with van der Waals surface area (Å²) in [5.74, 6) is -0.00828. The van der Waals surface area contributed by atoms with E-state index in [1.165, 1.54) is 11.3 Å². The van der Waals surface area contributed by atoms with Crippen molar-refractivity contribution in [2.45, 2.75) is 32.3 Å². The number of aliphatic hydroxyl groups excluding tert-OH is 1. The van der Waals surface area contributed by atoms with Crippen LogP contribution in [-0.2, 0) is 5.41 Å². The highest BCUT2D eigenvalue weighted by Crippen LogP contribution is 2.26. The Balaban J connectivity index is 0.00000200. The molecule has 3 N–H and O–H groups in total. The molecule has 1 fully saturated rings. The predicted molar refractivity (Wildman–Crippen MR) is 90.0 cm³/mol. The summed E-state index contributed by atoms with van der Waals surface area (Å²) < 4.78 is 0. The van der Waals surface area contributed by atoms with Crippen LogP contribution in [0.15, 0.2) is 6.20 Å². The first-order valence-electron chi connectivity index (χ1n) is 6.51. The van der Waals surface area contributed by atoms with Gasteiger partial charge in [-0.2, -0.15) is 0 Å². The van der Waals surface area contributed by atoms with Gasteiger partial charge in [0.05, 0.1) is 17.3 Å². The number of carbonyl (C=O) groups is 1. The first kappa shape index (κ1) is 20.6. The van der Waals surface area contributed by atoms with Crippen molar-refractivity contribution in [3.8, 4) is 0 Å². The molecule has 5 nitrogen and oxygen atoms in total. The lowest BCUT2D eigenvalue weighted by atomic mass is 9.98. The summed E-state index contributed by atoms with van der Waals surface area (Å²) in [6.45, 7) is 8.08. The summed E-state index contributed by atoms with van der Waals surface area (Å²) in [7, 11) is 0. The van der Waals surface area contributed by atoms with Gasteiger partial charge in [-0.3, -0.25) is 4.79 Å². The smallest absolute Gasteiger partial charge is 0.263 e. The Bertz CT molecular complexity index is 463. The van der Waals surface area contributed by atoms with E-state index in [0.29, 0.717) is 18.0 Å².